The van der Waals surface area contributed by atoms with Crippen molar-refractivity contribution in [2.24, 2.45) is 0 Å². The monoisotopic (exact) mass is 312 g/mol. The fourth-order valence-electron chi connectivity index (χ4n) is 2.49. The zero-order valence-corrected chi connectivity index (χ0v) is 13.4. The van der Waals surface area contributed by atoms with Gasteiger partial charge in [0.2, 0.25) is 5.13 Å². The lowest BCUT2D eigenvalue weighted by Crippen LogP contribution is -2.38. The number of carboxylic acids is 1. The van der Waals surface area contributed by atoms with Gasteiger partial charge in [0.05, 0.1) is 6.42 Å². The molecule has 1 aliphatic heterocycles. The highest BCUT2D eigenvalue weighted by Crippen LogP contribution is 2.21. The van der Waals surface area contributed by atoms with Crippen molar-refractivity contribution in [2.75, 3.05) is 37.6 Å². The molecule has 2 rings (SSSR count). The number of hydrogen-bond acceptors (Lipinski definition) is 6. The molecule has 0 atom stereocenters. The molecule has 0 aliphatic carbocycles. The van der Waals surface area contributed by atoms with E-state index in [-0.39, 0.29) is 6.42 Å². The summed E-state index contributed by atoms with van der Waals surface area (Å²) >= 11 is 1.57. The number of anilines is 1. The number of nitrogens with zero attached hydrogens (tertiary/aromatic N) is 4. The molecule has 1 aliphatic rings. The Kier molecular flexibility index (Phi) is 6.38. The van der Waals surface area contributed by atoms with Crippen LogP contribution in [0.2, 0.25) is 0 Å². The number of rotatable bonds is 8. The molecule has 1 fully saturated rings. The summed E-state index contributed by atoms with van der Waals surface area (Å²) in [6.45, 7) is 6.67. The normalized spacial score (nSPS) is 16.0. The first-order valence-corrected chi connectivity index (χ1v) is 8.52. The second-order valence-corrected chi connectivity index (χ2v) is 6.41. The predicted molar refractivity (Wildman–Crippen MR) is 84.0 cm³/mol. The topological polar surface area (TPSA) is 69.6 Å². The molecule has 0 radical (unpaired) electrons. The number of likely N-dealkylation sites (tertiary alicyclic amines) is 1. The van der Waals surface area contributed by atoms with Crippen molar-refractivity contribution < 1.29 is 9.90 Å². The van der Waals surface area contributed by atoms with Crippen LogP contribution in [0.25, 0.3) is 0 Å². The van der Waals surface area contributed by atoms with Crippen molar-refractivity contribution in [3.63, 3.8) is 0 Å². The zero-order chi connectivity index (χ0) is 15.1. The molecular weight excluding hydrogens is 288 g/mol. The quantitative estimate of drug-likeness (QED) is 0.790. The Balaban J connectivity index is 1.92. The maximum atomic E-state index is 10.8. The van der Waals surface area contributed by atoms with Crippen molar-refractivity contribution in [1.29, 1.82) is 0 Å². The van der Waals surface area contributed by atoms with Gasteiger partial charge in [-0.3, -0.25) is 4.79 Å². The van der Waals surface area contributed by atoms with Crippen LogP contribution in [0.3, 0.4) is 0 Å². The van der Waals surface area contributed by atoms with E-state index in [4.69, 9.17) is 5.11 Å². The van der Waals surface area contributed by atoms with Crippen LogP contribution in [0, 0.1) is 0 Å². The molecule has 1 aromatic heterocycles. The fraction of sp³-hybridized carbons (Fsp3) is 0.786. The first kappa shape index (κ1) is 16.2. The van der Waals surface area contributed by atoms with Crippen molar-refractivity contribution >= 4 is 22.4 Å². The molecule has 7 heteroatoms. The van der Waals surface area contributed by atoms with Crippen LogP contribution >= 0.6 is 11.3 Å². The SMILES string of the molecule is CCc1nnc(N(CCC(=O)O)CCN2CCCCC2)s1. The number of aromatic nitrogens is 2. The number of hydrogen-bond donors (Lipinski definition) is 1. The Morgan fingerprint density at radius 1 is 1.29 bits per heavy atom. The van der Waals surface area contributed by atoms with E-state index >= 15 is 0 Å². The number of carbonyl (C=O) groups is 1. The molecule has 1 aromatic rings. The van der Waals surface area contributed by atoms with Crippen LogP contribution in [-0.4, -0.2) is 58.9 Å². The lowest BCUT2D eigenvalue weighted by Gasteiger charge is -2.29. The number of carboxylic acid groups (broad SMARTS) is 1. The van der Waals surface area contributed by atoms with Gasteiger partial charge >= 0.3 is 5.97 Å². The van der Waals surface area contributed by atoms with Crippen molar-refractivity contribution in [2.45, 2.75) is 39.0 Å². The third kappa shape index (κ3) is 5.24. The van der Waals surface area contributed by atoms with E-state index in [1.807, 2.05) is 0 Å². The van der Waals surface area contributed by atoms with Gasteiger partial charge in [-0.15, -0.1) is 10.2 Å². The van der Waals surface area contributed by atoms with Gasteiger partial charge in [0.1, 0.15) is 5.01 Å². The van der Waals surface area contributed by atoms with Crippen LogP contribution in [0.5, 0.6) is 0 Å². The molecule has 0 unspecified atom stereocenters. The molecule has 118 valence electrons. The summed E-state index contributed by atoms with van der Waals surface area (Å²) in [6.07, 6.45) is 4.88. The Labute approximate surface area is 129 Å². The Morgan fingerprint density at radius 2 is 2.05 bits per heavy atom. The summed E-state index contributed by atoms with van der Waals surface area (Å²) in [7, 11) is 0. The second-order valence-electron chi connectivity index (χ2n) is 5.37. The van der Waals surface area contributed by atoms with Gasteiger partial charge in [-0.25, -0.2) is 0 Å². The third-order valence-corrected chi connectivity index (χ3v) is 4.89. The van der Waals surface area contributed by atoms with E-state index in [1.165, 1.54) is 19.3 Å². The summed E-state index contributed by atoms with van der Waals surface area (Å²) in [5.41, 5.74) is 0. The lowest BCUT2D eigenvalue weighted by atomic mass is 10.1. The number of piperidine rings is 1. The average Bonchev–Trinajstić information content (AvgIpc) is 2.97. The van der Waals surface area contributed by atoms with E-state index in [2.05, 4.69) is 26.9 Å². The molecule has 0 amide bonds. The van der Waals surface area contributed by atoms with Crippen molar-refractivity contribution in [3.05, 3.63) is 5.01 Å². The van der Waals surface area contributed by atoms with Crippen LogP contribution in [0.4, 0.5) is 5.13 Å². The van der Waals surface area contributed by atoms with E-state index in [0.717, 1.165) is 42.7 Å². The van der Waals surface area contributed by atoms with Gasteiger partial charge in [-0.2, -0.15) is 0 Å². The summed E-state index contributed by atoms with van der Waals surface area (Å²) < 4.78 is 0. The molecule has 1 saturated heterocycles. The van der Waals surface area contributed by atoms with E-state index < -0.39 is 5.97 Å². The number of aliphatic carboxylic acids is 1. The second kappa shape index (κ2) is 8.29. The summed E-state index contributed by atoms with van der Waals surface area (Å²) in [5, 5.41) is 19.1. The molecule has 2 heterocycles. The lowest BCUT2D eigenvalue weighted by molar-refractivity contribution is -0.136. The van der Waals surface area contributed by atoms with Crippen LogP contribution in [0.15, 0.2) is 0 Å². The van der Waals surface area contributed by atoms with Gasteiger partial charge in [0.15, 0.2) is 0 Å². The van der Waals surface area contributed by atoms with Gasteiger partial charge in [-0.1, -0.05) is 24.7 Å². The summed E-state index contributed by atoms with van der Waals surface area (Å²) in [5.74, 6) is -0.766. The van der Waals surface area contributed by atoms with Gasteiger partial charge in [0.25, 0.3) is 0 Å². The van der Waals surface area contributed by atoms with E-state index in [9.17, 15) is 4.79 Å². The molecule has 0 saturated carbocycles. The minimum atomic E-state index is -0.766. The molecule has 0 spiro atoms. The van der Waals surface area contributed by atoms with Crippen molar-refractivity contribution in [3.8, 4) is 0 Å². The number of aryl methyl sites for hydroxylation is 1. The smallest absolute Gasteiger partial charge is 0.305 e. The van der Waals surface area contributed by atoms with Crippen LogP contribution in [-0.2, 0) is 11.2 Å². The van der Waals surface area contributed by atoms with Gasteiger partial charge in [-0.05, 0) is 32.4 Å². The summed E-state index contributed by atoms with van der Waals surface area (Å²) in [6, 6.07) is 0. The van der Waals surface area contributed by atoms with Crippen LogP contribution in [0.1, 0.15) is 37.6 Å². The first-order valence-electron chi connectivity index (χ1n) is 7.70. The molecule has 21 heavy (non-hydrogen) atoms. The fourth-order valence-corrected chi connectivity index (χ4v) is 3.32. The Bertz CT molecular complexity index is 446. The largest absolute Gasteiger partial charge is 0.481 e. The van der Waals surface area contributed by atoms with Crippen molar-refractivity contribution in [1.82, 2.24) is 15.1 Å². The highest BCUT2D eigenvalue weighted by Gasteiger charge is 2.16. The zero-order valence-electron chi connectivity index (χ0n) is 12.6. The molecular formula is C14H24N4O2S. The Morgan fingerprint density at radius 3 is 2.67 bits per heavy atom. The third-order valence-electron chi connectivity index (χ3n) is 3.76. The maximum Gasteiger partial charge on any atom is 0.305 e. The highest BCUT2D eigenvalue weighted by molar-refractivity contribution is 7.15. The van der Waals surface area contributed by atoms with Gasteiger partial charge in [0, 0.05) is 19.6 Å². The first-order chi connectivity index (χ1) is 10.2. The predicted octanol–water partition coefficient (Wildman–Crippen LogP) is 1.87. The molecule has 0 aromatic carbocycles. The minimum absolute atomic E-state index is 0.140. The Hall–Kier alpha value is -1.21. The minimum Gasteiger partial charge on any atom is -0.481 e. The van der Waals surface area contributed by atoms with Gasteiger partial charge < -0.3 is 14.9 Å². The van der Waals surface area contributed by atoms with E-state index in [1.54, 1.807) is 11.3 Å². The van der Waals surface area contributed by atoms with E-state index in [0.29, 0.717) is 6.54 Å². The van der Waals surface area contributed by atoms with Crippen LogP contribution < -0.4 is 4.90 Å². The summed E-state index contributed by atoms with van der Waals surface area (Å²) in [4.78, 5) is 15.4. The molecule has 0 bridgehead atoms. The molecule has 1 N–H and O–H groups in total. The molecule has 6 nitrogen and oxygen atoms in total. The highest BCUT2D eigenvalue weighted by atomic mass is 32.1. The standard InChI is InChI=1S/C14H24N4O2S/c1-2-12-15-16-14(21-12)18(9-6-13(19)20)11-10-17-7-4-3-5-8-17/h2-11H2,1H3,(H,19,20). The average molecular weight is 312 g/mol. The maximum absolute atomic E-state index is 10.8.